The molecule has 0 aliphatic rings. The molecule has 3 aromatic rings. The predicted octanol–water partition coefficient (Wildman–Crippen LogP) is 9.08. The van der Waals surface area contributed by atoms with Gasteiger partial charge in [0, 0.05) is 15.3 Å². The third-order valence-electron chi connectivity index (χ3n) is 5.53. The lowest BCUT2D eigenvalue weighted by Gasteiger charge is -2.07. The van der Waals surface area contributed by atoms with Crippen LogP contribution in [0.4, 0.5) is 4.39 Å². The molecule has 0 fully saturated rings. The van der Waals surface area contributed by atoms with E-state index in [0.29, 0.717) is 5.56 Å². The number of unbranched alkanes of at least 4 members (excludes halogenated alkanes) is 5. The predicted molar refractivity (Wildman–Crippen MR) is 126 cm³/mol. The first-order valence-electron chi connectivity index (χ1n) is 11.2. The lowest BCUT2D eigenvalue weighted by molar-refractivity contribution is 0.632. The van der Waals surface area contributed by atoms with Crippen LogP contribution in [0.2, 0.25) is 0 Å². The molecule has 0 atom stereocenters. The second-order valence-corrected chi connectivity index (χ2v) is 9.09. The van der Waals surface area contributed by atoms with Crippen LogP contribution in [0.15, 0.2) is 54.6 Å². The lowest BCUT2D eigenvalue weighted by atomic mass is 9.99. The van der Waals surface area contributed by atoms with Crippen molar-refractivity contribution in [2.75, 3.05) is 0 Å². The van der Waals surface area contributed by atoms with E-state index in [4.69, 9.17) is 0 Å². The molecule has 0 aliphatic carbocycles. The van der Waals surface area contributed by atoms with Crippen molar-refractivity contribution in [3.05, 3.63) is 70.9 Å². The fraction of sp³-hybridized carbons (Fsp3) is 0.407. The number of thiophene rings is 1. The molecule has 3 rings (SSSR count). The Morgan fingerprint density at radius 3 is 2.10 bits per heavy atom. The number of benzene rings is 2. The van der Waals surface area contributed by atoms with Crippen molar-refractivity contribution in [3.63, 3.8) is 0 Å². The summed E-state index contributed by atoms with van der Waals surface area (Å²) in [5.74, 6) is -0.140. The molecule has 0 N–H and O–H groups in total. The third kappa shape index (κ3) is 6.27. The van der Waals surface area contributed by atoms with Gasteiger partial charge < -0.3 is 0 Å². The zero-order chi connectivity index (χ0) is 20.5. The molecule has 0 spiro atoms. The molecule has 2 heteroatoms. The number of aryl methyl sites for hydroxylation is 2. The van der Waals surface area contributed by atoms with Gasteiger partial charge in [-0.05, 0) is 60.6 Å². The summed E-state index contributed by atoms with van der Waals surface area (Å²) >= 11 is 1.80. The number of hydrogen-bond acceptors (Lipinski definition) is 1. The summed E-state index contributed by atoms with van der Waals surface area (Å²) in [6, 6.07) is 18.4. The minimum atomic E-state index is -0.140. The Labute approximate surface area is 179 Å². The Balaban J connectivity index is 1.66. The quantitative estimate of drug-likeness (QED) is 0.277. The highest BCUT2D eigenvalue weighted by Crippen LogP contribution is 2.32. The summed E-state index contributed by atoms with van der Waals surface area (Å²) in [6.07, 6.45) is 11.1. The Morgan fingerprint density at radius 2 is 1.38 bits per heavy atom. The summed E-state index contributed by atoms with van der Waals surface area (Å²) in [5, 5.41) is 0. The van der Waals surface area contributed by atoms with Crippen LogP contribution in [0.5, 0.6) is 0 Å². The summed E-state index contributed by atoms with van der Waals surface area (Å²) < 4.78 is 14.9. The highest BCUT2D eigenvalue weighted by atomic mass is 32.1. The Kier molecular flexibility index (Phi) is 8.49. The molecule has 0 nitrogen and oxygen atoms in total. The largest absolute Gasteiger partial charge is 0.206 e. The molecular weight excluding hydrogens is 375 g/mol. The van der Waals surface area contributed by atoms with Crippen LogP contribution in [0, 0.1) is 5.82 Å². The van der Waals surface area contributed by atoms with Gasteiger partial charge in [-0.15, -0.1) is 11.3 Å². The van der Waals surface area contributed by atoms with Crippen molar-refractivity contribution in [1.29, 1.82) is 0 Å². The van der Waals surface area contributed by atoms with Crippen LogP contribution in [-0.2, 0) is 12.8 Å². The van der Waals surface area contributed by atoms with E-state index in [0.717, 1.165) is 28.8 Å². The lowest BCUT2D eigenvalue weighted by Crippen LogP contribution is -1.88. The normalized spacial score (nSPS) is 11.1. The van der Waals surface area contributed by atoms with E-state index in [1.807, 2.05) is 6.07 Å². The second-order valence-electron chi connectivity index (χ2n) is 7.93. The van der Waals surface area contributed by atoms with Crippen molar-refractivity contribution in [3.8, 4) is 21.6 Å². The minimum Gasteiger partial charge on any atom is -0.206 e. The molecule has 0 aliphatic heterocycles. The number of halogens is 1. The fourth-order valence-corrected chi connectivity index (χ4v) is 4.77. The molecule has 0 bridgehead atoms. The smallest absolute Gasteiger partial charge is 0.131 e. The van der Waals surface area contributed by atoms with Gasteiger partial charge in [0.25, 0.3) is 0 Å². The number of rotatable bonds is 11. The average Bonchev–Trinajstić information content (AvgIpc) is 3.21. The summed E-state index contributed by atoms with van der Waals surface area (Å²) in [6.45, 7) is 4.46. The Morgan fingerprint density at radius 1 is 0.690 bits per heavy atom. The van der Waals surface area contributed by atoms with Gasteiger partial charge in [0.1, 0.15) is 5.82 Å². The van der Waals surface area contributed by atoms with Crippen molar-refractivity contribution >= 4 is 11.3 Å². The maximum Gasteiger partial charge on any atom is 0.131 e. The van der Waals surface area contributed by atoms with E-state index in [1.54, 1.807) is 17.4 Å². The first-order valence-corrected chi connectivity index (χ1v) is 12.0. The van der Waals surface area contributed by atoms with Crippen LogP contribution in [0.25, 0.3) is 21.6 Å². The van der Waals surface area contributed by atoms with Gasteiger partial charge in [0.15, 0.2) is 0 Å². The van der Waals surface area contributed by atoms with Gasteiger partial charge in [-0.1, -0.05) is 82.3 Å². The van der Waals surface area contributed by atoms with E-state index < -0.39 is 0 Å². The molecule has 2 aromatic carbocycles. The summed E-state index contributed by atoms with van der Waals surface area (Å²) in [4.78, 5) is 2.56. The monoisotopic (exact) mass is 408 g/mol. The van der Waals surface area contributed by atoms with Crippen molar-refractivity contribution in [2.45, 2.75) is 71.6 Å². The van der Waals surface area contributed by atoms with Gasteiger partial charge >= 0.3 is 0 Å². The first kappa shape index (κ1) is 21.8. The molecule has 0 unspecified atom stereocenters. The van der Waals surface area contributed by atoms with E-state index in [2.05, 4.69) is 56.3 Å². The van der Waals surface area contributed by atoms with Crippen LogP contribution in [0.3, 0.4) is 0 Å². The maximum absolute atomic E-state index is 14.9. The van der Waals surface area contributed by atoms with Gasteiger partial charge in [-0.3, -0.25) is 0 Å². The van der Waals surface area contributed by atoms with Crippen LogP contribution < -0.4 is 0 Å². The van der Waals surface area contributed by atoms with Gasteiger partial charge in [-0.25, -0.2) is 4.39 Å². The highest BCUT2D eigenvalue weighted by molar-refractivity contribution is 7.15. The average molecular weight is 409 g/mol. The molecule has 1 heterocycles. The van der Waals surface area contributed by atoms with Gasteiger partial charge in [0.2, 0.25) is 0 Å². The Hall–Kier alpha value is -1.93. The third-order valence-corrected chi connectivity index (χ3v) is 6.72. The zero-order valence-electron chi connectivity index (χ0n) is 17.8. The molecule has 0 saturated carbocycles. The van der Waals surface area contributed by atoms with Crippen LogP contribution in [-0.4, -0.2) is 0 Å². The van der Waals surface area contributed by atoms with Crippen molar-refractivity contribution in [2.24, 2.45) is 0 Å². The van der Waals surface area contributed by atoms with Crippen molar-refractivity contribution in [1.82, 2.24) is 0 Å². The van der Waals surface area contributed by atoms with Gasteiger partial charge in [-0.2, -0.15) is 0 Å². The maximum atomic E-state index is 14.9. The Bertz CT molecular complexity index is 876. The van der Waals surface area contributed by atoms with E-state index >= 15 is 0 Å². The molecule has 1 aromatic heterocycles. The summed E-state index contributed by atoms with van der Waals surface area (Å²) in [5.41, 5.74) is 3.96. The van der Waals surface area contributed by atoms with E-state index in [9.17, 15) is 4.39 Å². The first-order chi connectivity index (χ1) is 14.2. The SMILES string of the molecule is CCCCCCc1ccc(-c2ccc(-c3ccc(CCCCC)cc3)c(F)c2)s1. The molecule has 0 amide bonds. The van der Waals surface area contributed by atoms with Crippen LogP contribution >= 0.6 is 11.3 Å². The standard InChI is InChI=1S/C27H33FS/c1-3-5-7-9-11-24-17-19-27(29-24)23-16-18-25(26(28)20-23)22-14-12-21(13-15-22)10-8-6-4-2/h12-20H,3-11H2,1-2H3. The molecule has 0 saturated heterocycles. The molecule has 29 heavy (non-hydrogen) atoms. The minimum absolute atomic E-state index is 0.140. The fourth-order valence-electron chi connectivity index (χ4n) is 3.73. The van der Waals surface area contributed by atoms with Gasteiger partial charge in [0.05, 0.1) is 0 Å². The summed E-state index contributed by atoms with van der Waals surface area (Å²) in [7, 11) is 0. The van der Waals surface area contributed by atoms with E-state index in [1.165, 1.54) is 55.4 Å². The number of hydrogen-bond donors (Lipinski definition) is 0. The van der Waals surface area contributed by atoms with Crippen molar-refractivity contribution < 1.29 is 4.39 Å². The van der Waals surface area contributed by atoms with Crippen LogP contribution in [0.1, 0.15) is 69.2 Å². The molecular formula is C27H33FS. The second kappa shape index (κ2) is 11.3. The molecule has 0 radical (unpaired) electrons. The zero-order valence-corrected chi connectivity index (χ0v) is 18.7. The molecule has 154 valence electrons. The van der Waals surface area contributed by atoms with E-state index in [-0.39, 0.29) is 5.82 Å². The topological polar surface area (TPSA) is 0 Å². The highest BCUT2D eigenvalue weighted by Gasteiger charge is 2.09.